The average Bonchev–Trinajstić information content (AvgIpc) is 2.50. The molecule has 0 saturated carbocycles. The summed E-state index contributed by atoms with van der Waals surface area (Å²) in [5, 5.41) is 11.0. The van der Waals surface area contributed by atoms with Gasteiger partial charge in [-0.25, -0.2) is 9.59 Å². The van der Waals surface area contributed by atoms with Crippen molar-refractivity contribution >= 4 is 22.7 Å². The van der Waals surface area contributed by atoms with Gasteiger partial charge in [-0.2, -0.15) is 0 Å². The van der Waals surface area contributed by atoms with Crippen LogP contribution in [0, 0.1) is 6.92 Å². The summed E-state index contributed by atoms with van der Waals surface area (Å²) in [6.07, 6.45) is 1.96. The molecular formula is C17H14O5. The topological polar surface area (TPSA) is 72.8 Å². The zero-order valence-corrected chi connectivity index (χ0v) is 12.0. The second kappa shape index (κ2) is 6.13. The lowest BCUT2D eigenvalue weighted by atomic mass is 10.1. The second-order valence-electron chi connectivity index (χ2n) is 4.52. The molecule has 5 nitrogen and oxygen atoms in total. The third kappa shape index (κ3) is 2.98. The predicted octanol–water partition coefficient (Wildman–Crippen LogP) is 3.04. The SMILES string of the molecule is C=CC(=O)Oc1cc(O)c2cc(C)ccc2c1OC(=O)C=C. The first kappa shape index (κ1) is 15.3. The molecule has 2 aromatic rings. The van der Waals surface area contributed by atoms with E-state index in [1.54, 1.807) is 18.2 Å². The van der Waals surface area contributed by atoms with E-state index in [4.69, 9.17) is 9.47 Å². The Morgan fingerprint density at radius 1 is 1.05 bits per heavy atom. The molecule has 2 aromatic carbocycles. The molecule has 0 fully saturated rings. The molecule has 5 heteroatoms. The Bertz CT molecular complexity index is 789. The van der Waals surface area contributed by atoms with Crippen LogP contribution in [0.4, 0.5) is 0 Å². The first-order valence-electron chi connectivity index (χ1n) is 6.41. The van der Waals surface area contributed by atoms with E-state index in [9.17, 15) is 14.7 Å². The molecule has 0 aliphatic heterocycles. The van der Waals surface area contributed by atoms with Gasteiger partial charge in [0.15, 0.2) is 11.5 Å². The molecule has 0 radical (unpaired) electrons. The van der Waals surface area contributed by atoms with E-state index < -0.39 is 11.9 Å². The first-order chi connectivity index (χ1) is 10.5. The van der Waals surface area contributed by atoms with Crippen LogP contribution in [0.1, 0.15) is 5.56 Å². The van der Waals surface area contributed by atoms with Crippen molar-refractivity contribution in [2.24, 2.45) is 0 Å². The molecule has 0 spiro atoms. The highest BCUT2D eigenvalue weighted by Gasteiger charge is 2.18. The van der Waals surface area contributed by atoms with Crippen LogP contribution in [0.25, 0.3) is 10.8 Å². The van der Waals surface area contributed by atoms with Crippen LogP contribution in [0.3, 0.4) is 0 Å². The van der Waals surface area contributed by atoms with Crippen molar-refractivity contribution in [2.45, 2.75) is 6.92 Å². The fourth-order valence-electron chi connectivity index (χ4n) is 1.94. The number of benzene rings is 2. The highest BCUT2D eigenvalue weighted by molar-refractivity contribution is 5.99. The van der Waals surface area contributed by atoms with Crippen LogP contribution in [0.15, 0.2) is 49.6 Å². The van der Waals surface area contributed by atoms with Crippen LogP contribution < -0.4 is 9.47 Å². The summed E-state index contributed by atoms with van der Waals surface area (Å²) in [6, 6.07) is 6.40. The molecular weight excluding hydrogens is 284 g/mol. The fraction of sp³-hybridized carbons (Fsp3) is 0.0588. The number of esters is 2. The van der Waals surface area contributed by atoms with E-state index in [1.165, 1.54) is 6.07 Å². The van der Waals surface area contributed by atoms with Crippen LogP contribution in [0.2, 0.25) is 0 Å². The Morgan fingerprint density at radius 3 is 2.32 bits per heavy atom. The maximum absolute atomic E-state index is 11.5. The summed E-state index contributed by atoms with van der Waals surface area (Å²) in [6.45, 7) is 8.49. The van der Waals surface area contributed by atoms with Crippen molar-refractivity contribution in [3.63, 3.8) is 0 Å². The monoisotopic (exact) mass is 298 g/mol. The minimum absolute atomic E-state index is 0.0351. The van der Waals surface area contributed by atoms with E-state index in [0.717, 1.165) is 17.7 Å². The lowest BCUT2D eigenvalue weighted by Crippen LogP contribution is -2.09. The van der Waals surface area contributed by atoms with Gasteiger partial charge in [-0.05, 0) is 13.0 Å². The Kier molecular flexibility index (Phi) is 4.27. The van der Waals surface area contributed by atoms with Gasteiger partial charge < -0.3 is 14.6 Å². The van der Waals surface area contributed by atoms with Crippen molar-refractivity contribution in [1.82, 2.24) is 0 Å². The van der Waals surface area contributed by atoms with Crippen LogP contribution in [0.5, 0.6) is 17.2 Å². The first-order valence-corrected chi connectivity index (χ1v) is 6.41. The number of aryl methyl sites for hydroxylation is 1. The van der Waals surface area contributed by atoms with E-state index in [-0.39, 0.29) is 17.2 Å². The summed E-state index contributed by atoms with van der Waals surface area (Å²) in [7, 11) is 0. The number of fused-ring (bicyclic) bond motifs is 1. The maximum Gasteiger partial charge on any atom is 0.335 e. The van der Waals surface area contributed by atoms with Crippen LogP contribution in [-0.4, -0.2) is 17.0 Å². The third-order valence-corrected chi connectivity index (χ3v) is 2.93. The number of carbonyl (C=O) groups excluding carboxylic acids is 2. The molecule has 0 unspecified atom stereocenters. The van der Waals surface area contributed by atoms with E-state index in [0.29, 0.717) is 10.8 Å². The molecule has 0 heterocycles. The van der Waals surface area contributed by atoms with Crippen molar-refractivity contribution in [1.29, 1.82) is 0 Å². The summed E-state index contributed by atoms with van der Waals surface area (Å²) >= 11 is 0. The molecule has 0 saturated heterocycles. The Hall–Kier alpha value is -3.08. The zero-order chi connectivity index (χ0) is 16.3. The van der Waals surface area contributed by atoms with Gasteiger partial charge in [0.05, 0.1) is 0 Å². The lowest BCUT2D eigenvalue weighted by molar-refractivity contribution is -0.131. The zero-order valence-electron chi connectivity index (χ0n) is 12.0. The highest BCUT2D eigenvalue weighted by Crippen LogP contribution is 2.41. The maximum atomic E-state index is 11.5. The van der Waals surface area contributed by atoms with Crippen molar-refractivity contribution in [3.05, 3.63) is 55.1 Å². The number of hydrogen-bond acceptors (Lipinski definition) is 5. The fourth-order valence-corrected chi connectivity index (χ4v) is 1.94. The molecule has 0 aliphatic carbocycles. The number of phenolic OH excluding ortho intramolecular Hbond substituents is 1. The average molecular weight is 298 g/mol. The Morgan fingerprint density at radius 2 is 1.68 bits per heavy atom. The van der Waals surface area contributed by atoms with Gasteiger partial charge in [0.25, 0.3) is 0 Å². The molecule has 2 rings (SSSR count). The van der Waals surface area contributed by atoms with E-state index in [2.05, 4.69) is 13.2 Å². The van der Waals surface area contributed by atoms with Gasteiger partial charge in [-0.15, -0.1) is 0 Å². The quantitative estimate of drug-likeness (QED) is 0.533. The Labute approximate surface area is 127 Å². The minimum Gasteiger partial charge on any atom is -0.507 e. The van der Waals surface area contributed by atoms with E-state index in [1.807, 2.05) is 6.92 Å². The van der Waals surface area contributed by atoms with Crippen molar-refractivity contribution < 1.29 is 24.2 Å². The van der Waals surface area contributed by atoms with Gasteiger partial charge in [-0.3, -0.25) is 0 Å². The van der Waals surface area contributed by atoms with Gasteiger partial charge in [0, 0.05) is 29.0 Å². The molecule has 0 aliphatic rings. The molecule has 22 heavy (non-hydrogen) atoms. The molecule has 0 aromatic heterocycles. The molecule has 112 valence electrons. The normalized spacial score (nSPS) is 10.0. The summed E-state index contributed by atoms with van der Waals surface area (Å²) < 4.78 is 10.2. The largest absolute Gasteiger partial charge is 0.507 e. The van der Waals surface area contributed by atoms with Gasteiger partial charge in [0.2, 0.25) is 0 Å². The number of carbonyl (C=O) groups is 2. The highest BCUT2D eigenvalue weighted by atomic mass is 16.6. The summed E-state index contributed by atoms with van der Waals surface area (Å²) in [5.41, 5.74) is 0.916. The van der Waals surface area contributed by atoms with Crippen LogP contribution >= 0.6 is 0 Å². The number of phenols is 1. The number of ether oxygens (including phenoxy) is 2. The molecule has 0 bridgehead atoms. The smallest absolute Gasteiger partial charge is 0.335 e. The number of hydrogen-bond donors (Lipinski definition) is 1. The summed E-state index contributed by atoms with van der Waals surface area (Å²) in [4.78, 5) is 22.9. The summed E-state index contributed by atoms with van der Waals surface area (Å²) in [5.74, 6) is -1.57. The third-order valence-electron chi connectivity index (χ3n) is 2.93. The molecule has 0 amide bonds. The van der Waals surface area contributed by atoms with Crippen molar-refractivity contribution in [3.8, 4) is 17.2 Å². The predicted molar refractivity (Wildman–Crippen MR) is 82.0 cm³/mol. The second-order valence-corrected chi connectivity index (χ2v) is 4.52. The molecule has 1 N–H and O–H groups in total. The van der Waals surface area contributed by atoms with Crippen LogP contribution in [-0.2, 0) is 9.59 Å². The van der Waals surface area contributed by atoms with Gasteiger partial charge in [0.1, 0.15) is 5.75 Å². The minimum atomic E-state index is -0.734. The lowest BCUT2D eigenvalue weighted by Gasteiger charge is -2.13. The van der Waals surface area contributed by atoms with Gasteiger partial charge in [-0.1, -0.05) is 30.9 Å². The number of rotatable bonds is 4. The standard InChI is InChI=1S/C17H14O5/c1-4-15(19)21-14-9-13(18)12-8-10(3)6-7-11(12)17(14)22-16(20)5-2/h4-9,18H,1-2H2,3H3. The van der Waals surface area contributed by atoms with E-state index >= 15 is 0 Å². The van der Waals surface area contributed by atoms with Crippen molar-refractivity contribution in [2.75, 3.05) is 0 Å². The number of aromatic hydroxyl groups is 1. The molecule has 0 atom stereocenters. The Balaban J connectivity index is 2.71. The van der Waals surface area contributed by atoms with Gasteiger partial charge >= 0.3 is 11.9 Å².